The lowest BCUT2D eigenvalue weighted by Crippen LogP contribution is -2.44. The van der Waals surface area contributed by atoms with Gasteiger partial charge in [0.15, 0.2) is 0 Å². The van der Waals surface area contributed by atoms with E-state index in [1.165, 1.54) is 6.92 Å². The molecular formula is C11H16N2O5S. The standard InChI is InChI=1S/C11H16N2O5S/c1-8-10(7-9(18-8)11(14)15)19(16,17)12-13-5-3-2-4-6-13/h7,12H,2-6H2,1H3,(H,14,15). The first-order valence-corrected chi connectivity index (χ1v) is 7.49. The summed E-state index contributed by atoms with van der Waals surface area (Å²) < 4.78 is 29.2. The average molecular weight is 288 g/mol. The number of nitrogens with zero attached hydrogens (tertiary/aromatic N) is 1. The van der Waals surface area contributed by atoms with E-state index in [0.29, 0.717) is 13.1 Å². The van der Waals surface area contributed by atoms with Gasteiger partial charge >= 0.3 is 5.97 Å². The van der Waals surface area contributed by atoms with Crippen LogP contribution in [0.25, 0.3) is 0 Å². The molecule has 2 rings (SSSR count). The minimum absolute atomic E-state index is 0.0712. The topological polar surface area (TPSA) is 99.8 Å². The summed E-state index contributed by atoms with van der Waals surface area (Å²) in [5.41, 5.74) is 0. The third-order valence-corrected chi connectivity index (χ3v) is 4.46. The molecule has 0 aromatic carbocycles. The number of hydrogen-bond donors (Lipinski definition) is 2. The van der Waals surface area contributed by atoms with Gasteiger partial charge in [-0.1, -0.05) is 6.42 Å². The number of aryl methyl sites for hydroxylation is 1. The van der Waals surface area contributed by atoms with E-state index in [2.05, 4.69) is 4.83 Å². The predicted molar refractivity (Wildman–Crippen MR) is 66.1 cm³/mol. The fourth-order valence-electron chi connectivity index (χ4n) is 2.04. The maximum Gasteiger partial charge on any atom is 0.371 e. The second-order valence-corrected chi connectivity index (χ2v) is 6.11. The van der Waals surface area contributed by atoms with Gasteiger partial charge in [-0.05, 0) is 19.8 Å². The normalized spacial score (nSPS) is 17.5. The van der Waals surface area contributed by atoms with Crippen LogP contribution < -0.4 is 4.83 Å². The Kier molecular flexibility index (Phi) is 3.93. The minimum Gasteiger partial charge on any atom is -0.475 e. The Morgan fingerprint density at radius 1 is 1.37 bits per heavy atom. The Labute approximate surface area is 111 Å². The zero-order valence-corrected chi connectivity index (χ0v) is 11.4. The Bertz CT molecular complexity index is 572. The van der Waals surface area contributed by atoms with Crippen molar-refractivity contribution in [1.82, 2.24) is 9.84 Å². The van der Waals surface area contributed by atoms with Crippen LogP contribution in [0.15, 0.2) is 15.4 Å². The molecule has 0 unspecified atom stereocenters. The third-order valence-electron chi connectivity index (χ3n) is 2.98. The Balaban J connectivity index is 2.21. The Hall–Kier alpha value is -1.38. The van der Waals surface area contributed by atoms with Gasteiger partial charge in [0.05, 0.1) is 0 Å². The third kappa shape index (κ3) is 3.14. The van der Waals surface area contributed by atoms with Crippen LogP contribution in [0.1, 0.15) is 35.6 Å². The lowest BCUT2D eigenvalue weighted by Gasteiger charge is -2.26. The average Bonchev–Trinajstić information content (AvgIpc) is 2.73. The molecule has 1 aliphatic rings. The molecule has 2 heterocycles. The highest BCUT2D eigenvalue weighted by atomic mass is 32.2. The van der Waals surface area contributed by atoms with Gasteiger partial charge in [-0.25, -0.2) is 18.2 Å². The van der Waals surface area contributed by atoms with Crippen molar-refractivity contribution in [3.05, 3.63) is 17.6 Å². The van der Waals surface area contributed by atoms with Crippen molar-refractivity contribution in [2.75, 3.05) is 13.1 Å². The van der Waals surface area contributed by atoms with Crippen LogP contribution in [0.4, 0.5) is 0 Å². The van der Waals surface area contributed by atoms with Crippen molar-refractivity contribution in [2.45, 2.75) is 31.1 Å². The molecule has 1 aromatic rings. The first-order valence-electron chi connectivity index (χ1n) is 6.01. The van der Waals surface area contributed by atoms with E-state index in [0.717, 1.165) is 25.3 Å². The van der Waals surface area contributed by atoms with Crippen molar-refractivity contribution in [3.63, 3.8) is 0 Å². The summed E-state index contributed by atoms with van der Waals surface area (Å²) >= 11 is 0. The number of nitrogens with one attached hydrogen (secondary N) is 1. The Morgan fingerprint density at radius 3 is 2.53 bits per heavy atom. The van der Waals surface area contributed by atoms with Crippen LogP contribution in [0.2, 0.25) is 0 Å². The molecule has 1 saturated heterocycles. The monoisotopic (exact) mass is 288 g/mol. The largest absolute Gasteiger partial charge is 0.475 e. The van der Waals surface area contributed by atoms with E-state index in [1.807, 2.05) is 0 Å². The smallest absolute Gasteiger partial charge is 0.371 e. The molecule has 0 bridgehead atoms. The first kappa shape index (κ1) is 14.0. The number of piperidine rings is 1. The molecule has 0 saturated carbocycles. The number of carboxylic acids is 1. The molecule has 1 aromatic heterocycles. The molecule has 0 aliphatic carbocycles. The summed E-state index contributed by atoms with van der Waals surface area (Å²) in [7, 11) is -3.78. The number of hydrogen-bond acceptors (Lipinski definition) is 5. The number of rotatable bonds is 4. The molecule has 2 N–H and O–H groups in total. The molecule has 0 atom stereocenters. The number of furan rings is 1. The van der Waals surface area contributed by atoms with Crippen molar-refractivity contribution >= 4 is 16.0 Å². The van der Waals surface area contributed by atoms with Gasteiger partial charge in [-0.2, -0.15) is 0 Å². The van der Waals surface area contributed by atoms with Gasteiger partial charge in [0.1, 0.15) is 10.7 Å². The highest BCUT2D eigenvalue weighted by Gasteiger charge is 2.26. The van der Waals surface area contributed by atoms with Crippen LogP contribution >= 0.6 is 0 Å². The molecular weight excluding hydrogens is 272 g/mol. The zero-order chi connectivity index (χ0) is 14.0. The van der Waals surface area contributed by atoms with Crippen LogP contribution in [0.5, 0.6) is 0 Å². The van der Waals surface area contributed by atoms with Crippen molar-refractivity contribution in [3.8, 4) is 0 Å². The van der Waals surface area contributed by atoms with Crippen LogP contribution in [-0.4, -0.2) is 37.6 Å². The highest BCUT2D eigenvalue weighted by molar-refractivity contribution is 7.89. The van der Waals surface area contributed by atoms with Crippen molar-refractivity contribution < 1.29 is 22.7 Å². The molecule has 19 heavy (non-hydrogen) atoms. The molecule has 0 spiro atoms. The van der Waals surface area contributed by atoms with E-state index in [-0.39, 0.29) is 16.4 Å². The lowest BCUT2D eigenvalue weighted by molar-refractivity contribution is 0.0661. The van der Waals surface area contributed by atoms with Crippen LogP contribution in [0.3, 0.4) is 0 Å². The van der Waals surface area contributed by atoms with Crippen LogP contribution in [0, 0.1) is 6.92 Å². The second kappa shape index (κ2) is 5.32. The van der Waals surface area contributed by atoms with E-state index >= 15 is 0 Å². The van der Waals surface area contributed by atoms with Gasteiger partial charge in [0, 0.05) is 19.2 Å². The lowest BCUT2D eigenvalue weighted by atomic mass is 10.2. The SMILES string of the molecule is Cc1oc(C(=O)O)cc1S(=O)(=O)NN1CCCCC1. The van der Waals surface area contributed by atoms with Gasteiger partial charge in [0.25, 0.3) is 10.0 Å². The summed E-state index contributed by atoms with van der Waals surface area (Å²) in [4.78, 5) is 13.1. The Morgan fingerprint density at radius 2 is 2.00 bits per heavy atom. The van der Waals surface area contributed by atoms with Gasteiger partial charge < -0.3 is 9.52 Å². The van der Waals surface area contributed by atoms with Crippen molar-refractivity contribution in [2.24, 2.45) is 0 Å². The fraction of sp³-hybridized carbons (Fsp3) is 0.545. The van der Waals surface area contributed by atoms with E-state index in [9.17, 15) is 13.2 Å². The number of carboxylic acid groups (broad SMARTS) is 1. The predicted octanol–water partition coefficient (Wildman–Crippen LogP) is 0.965. The second-order valence-electron chi connectivity index (χ2n) is 4.48. The maximum atomic E-state index is 12.2. The number of aromatic carboxylic acids is 1. The van der Waals surface area contributed by atoms with Gasteiger partial charge in [-0.3, -0.25) is 0 Å². The summed E-state index contributed by atoms with van der Waals surface area (Å²) in [6.07, 6.45) is 2.96. The molecule has 0 radical (unpaired) electrons. The van der Waals surface area contributed by atoms with E-state index in [1.54, 1.807) is 5.01 Å². The van der Waals surface area contributed by atoms with E-state index < -0.39 is 16.0 Å². The van der Waals surface area contributed by atoms with Gasteiger partial charge in [-0.15, -0.1) is 4.83 Å². The first-order chi connectivity index (χ1) is 8.90. The number of carbonyl (C=O) groups is 1. The molecule has 106 valence electrons. The summed E-state index contributed by atoms with van der Waals surface area (Å²) in [5.74, 6) is -1.60. The maximum absolute atomic E-state index is 12.2. The van der Waals surface area contributed by atoms with Crippen molar-refractivity contribution in [1.29, 1.82) is 0 Å². The van der Waals surface area contributed by atoms with E-state index in [4.69, 9.17) is 9.52 Å². The molecule has 1 aliphatic heterocycles. The number of hydrazine groups is 1. The molecule has 7 nitrogen and oxygen atoms in total. The molecule has 8 heteroatoms. The molecule has 1 fully saturated rings. The summed E-state index contributed by atoms with van der Waals surface area (Å²) in [6.45, 7) is 2.74. The fourth-order valence-corrected chi connectivity index (χ4v) is 3.35. The highest BCUT2D eigenvalue weighted by Crippen LogP contribution is 2.20. The summed E-state index contributed by atoms with van der Waals surface area (Å²) in [6, 6.07) is 1.03. The van der Waals surface area contributed by atoms with Gasteiger partial charge in [0.2, 0.25) is 5.76 Å². The zero-order valence-electron chi connectivity index (χ0n) is 10.5. The van der Waals surface area contributed by atoms with Crippen LogP contribution in [-0.2, 0) is 10.0 Å². The quantitative estimate of drug-likeness (QED) is 0.856. The minimum atomic E-state index is -3.78. The summed E-state index contributed by atoms with van der Waals surface area (Å²) in [5, 5.41) is 10.4. The number of sulfonamides is 1. The molecule has 0 amide bonds.